The number of benzene rings is 1. The maximum Gasteiger partial charge on any atom is 0.416 e. The highest BCUT2D eigenvalue weighted by atomic mass is 19.4. The largest absolute Gasteiger partial charge is 0.480 e. The summed E-state index contributed by atoms with van der Waals surface area (Å²) >= 11 is 0. The highest BCUT2D eigenvalue weighted by molar-refractivity contribution is 5.73. The van der Waals surface area contributed by atoms with Gasteiger partial charge in [0, 0.05) is 0 Å². The molecule has 1 N–H and O–H groups in total. The van der Waals surface area contributed by atoms with E-state index in [4.69, 9.17) is 0 Å². The van der Waals surface area contributed by atoms with E-state index < -0.39 is 23.8 Å². The minimum Gasteiger partial charge on any atom is -0.480 e. The van der Waals surface area contributed by atoms with Crippen LogP contribution in [0, 0.1) is 0 Å². The van der Waals surface area contributed by atoms with Crippen molar-refractivity contribution in [2.24, 2.45) is 0 Å². The van der Waals surface area contributed by atoms with E-state index in [0.29, 0.717) is 24.5 Å². The molecule has 0 radical (unpaired) electrons. The number of carbonyl (C=O) groups is 1. The second-order valence-corrected chi connectivity index (χ2v) is 5.52. The van der Waals surface area contributed by atoms with Crippen molar-refractivity contribution in [3.8, 4) is 5.69 Å². The van der Waals surface area contributed by atoms with Gasteiger partial charge in [0.1, 0.15) is 6.04 Å². The second kappa shape index (κ2) is 6.19. The molecule has 1 aromatic carbocycles. The fraction of sp³-hybridized carbons (Fsp3) is 0.429. The number of hydrogen-bond acceptors (Lipinski definition) is 5. The lowest BCUT2D eigenvalue weighted by atomic mass is 10.2. The standard InChI is InChI=1S/C14H14F3N5O2/c15-14(16,17)9-3-5-10(6-4-9)22-12(18-19-20-22)8-21-7-1-2-11(21)13(23)24/h3-6,11H,1-2,7-8H2,(H,23,24). The maximum absolute atomic E-state index is 12.6. The van der Waals surface area contributed by atoms with E-state index >= 15 is 0 Å². The molecule has 1 fully saturated rings. The van der Waals surface area contributed by atoms with Crippen LogP contribution < -0.4 is 0 Å². The van der Waals surface area contributed by atoms with E-state index in [1.807, 2.05) is 0 Å². The second-order valence-electron chi connectivity index (χ2n) is 5.52. The van der Waals surface area contributed by atoms with Crippen LogP contribution in [0.4, 0.5) is 13.2 Å². The quantitative estimate of drug-likeness (QED) is 0.912. The van der Waals surface area contributed by atoms with Crippen LogP contribution in [0.2, 0.25) is 0 Å². The van der Waals surface area contributed by atoms with Crippen molar-refractivity contribution in [2.45, 2.75) is 31.6 Å². The van der Waals surface area contributed by atoms with E-state index in [1.54, 1.807) is 4.90 Å². The summed E-state index contributed by atoms with van der Waals surface area (Å²) in [6, 6.07) is 3.87. The minimum absolute atomic E-state index is 0.213. The fourth-order valence-corrected chi connectivity index (χ4v) is 2.77. The molecule has 1 saturated heterocycles. The Morgan fingerprint density at radius 3 is 2.62 bits per heavy atom. The molecule has 24 heavy (non-hydrogen) atoms. The third-order valence-corrected chi connectivity index (χ3v) is 3.97. The van der Waals surface area contributed by atoms with E-state index in [-0.39, 0.29) is 6.54 Å². The first kappa shape index (κ1) is 16.4. The Morgan fingerprint density at radius 1 is 1.29 bits per heavy atom. The molecule has 3 rings (SSSR count). The van der Waals surface area contributed by atoms with Gasteiger partial charge < -0.3 is 5.11 Å². The van der Waals surface area contributed by atoms with Crippen LogP contribution in [0.25, 0.3) is 5.69 Å². The number of hydrogen-bond donors (Lipinski definition) is 1. The summed E-state index contributed by atoms with van der Waals surface area (Å²) in [7, 11) is 0. The number of tetrazole rings is 1. The number of carboxylic acid groups (broad SMARTS) is 1. The number of aromatic nitrogens is 4. The number of alkyl halides is 3. The molecule has 0 bridgehead atoms. The number of halogens is 3. The molecule has 0 aliphatic carbocycles. The zero-order valence-corrected chi connectivity index (χ0v) is 12.4. The Bertz CT molecular complexity index is 729. The lowest BCUT2D eigenvalue weighted by Gasteiger charge is -2.20. The maximum atomic E-state index is 12.6. The number of carboxylic acids is 1. The van der Waals surface area contributed by atoms with Gasteiger partial charge in [0.15, 0.2) is 5.82 Å². The number of likely N-dealkylation sites (tertiary alicyclic amines) is 1. The van der Waals surface area contributed by atoms with Gasteiger partial charge in [-0.05, 0) is 54.1 Å². The normalized spacial score (nSPS) is 18.9. The van der Waals surface area contributed by atoms with Crippen molar-refractivity contribution in [3.05, 3.63) is 35.7 Å². The van der Waals surface area contributed by atoms with Crippen LogP contribution in [-0.4, -0.2) is 48.8 Å². The highest BCUT2D eigenvalue weighted by Gasteiger charge is 2.32. The predicted octanol–water partition coefficient (Wildman–Crippen LogP) is 1.73. The summed E-state index contributed by atoms with van der Waals surface area (Å²) < 4.78 is 39.2. The molecule has 0 saturated carbocycles. The third-order valence-electron chi connectivity index (χ3n) is 3.97. The first-order chi connectivity index (χ1) is 11.4. The van der Waals surface area contributed by atoms with Crippen LogP contribution in [0.1, 0.15) is 24.2 Å². The Labute approximate surface area is 134 Å². The minimum atomic E-state index is -4.41. The van der Waals surface area contributed by atoms with E-state index in [1.165, 1.54) is 16.8 Å². The lowest BCUT2D eigenvalue weighted by molar-refractivity contribution is -0.142. The Morgan fingerprint density at radius 2 is 2.00 bits per heavy atom. The molecular formula is C14H14F3N5O2. The summed E-state index contributed by atoms with van der Waals surface area (Å²) in [6.45, 7) is 0.821. The SMILES string of the molecule is O=C(O)C1CCCN1Cc1nnnn1-c1ccc(C(F)(F)F)cc1. The van der Waals surface area contributed by atoms with Crippen molar-refractivity contribution in [3.63, 3.8) is 0 Å². The van der Waals surface area contributed by atoms with Crippen LogP contribution in [-0.2, 0) is 17.5 Å². The predicted molar refractivity (Wildman–Crippen MR) is 75.2 cm³/mol. The molecule has 128 valence electrons. The van der Waals surface area contributed by atoms with E-state index in [0.717, 1.165) is 18.6 Å². The zero-order valence-electron chi connectivity index (χ0n) is 12.4. The van der Waals surface area contributed by atoms with Crippen molar-refractivity contribution in [2.75, 3.05) is 6.54 Å². The molecule has 1 atom stereocenters. The summed E-state index contributed by atoms with van der Waals surface area (Å²) in [5.41, 5.74) is -0.375. The third kappa shape index (κ3) is 3.23. The molecule has 2 aromatic rings. The van der Waals surface area contributed by atoms with Crippen LogP contribution in [0.5, 0.6) is 0 Å². The molecule has 10 heteroatoms. The molecule has 0 amide bonds. The van der Waals surface area contributed by atoms with Gasteiger partial charge in [-0.15, -0.1) is 5.10 Å². The highest BCUT2D eigenvalue weighted by Crippen LogP contribution is 2.29. The average Bonchev–Trinajstić information content (AvgIpc) is 3.16. The molecule has 1 aromatic heterocycles. The first-order valence-corrected chi connectivity index (χ1v) is 7.28. The fourth-order valence-electron chi connectivity index (χ4n) is 2.77. The summed E-state index contributed by atoms with van der Waals surface area (Å²) in [5.74, 6) is -0.524. The van der Waals surface area contributed by atoms with Gasteiger partial charge in [0.25, 0.3) is 0 Å². The summed E-state index contributed by atoms with van der Waals surface area (Å²) in [4.78, 5) is 13.0. The smallest absolute Gasteiger partial charge is 0.416 e. The number of nitrogens with zero attached hydrogens (tertiary/aromatic N) is 5. The molecular weight excluding hydrogens is 327 g/mol. The van der Waals surface area contributed by atoms with Crippen molar-refractivity contribution in [1.82, 2.24) is 25.1 Å². The molecule has 1 unspecified atom stereocenters. The average molecular weight is 341 g/mol. The molecule has 1 aliphatic rings. The Balaban J connectivity index is 1.82. The van der Waals surface area contributed by atoms with Crippen molar-refractivity contribution in [1.29, 1.82) is 0 Å². The van der Waals surface area contributed by atoms with Crippen LogP contribution in [0.3, 0.4) is 0 Å². The van der Waals surface area contributed by atoms with Crippen molar-refractivity contribution < 1.29 is 23.1 Å². The van der Waals surface area contributed by atoms with Crippen molar-refractivity contribution >= 4 is 5.97 Å². The Hall–Kier alpha value is -2.49. The summed E-state index contributed by atoms with van der Waals surface area (Å²) in [5, 5.41) is 20.4. The molecule has 1 aliphatic heterocycles. The molecule has 0 spiro atoms. The van der Waals surface area contributed by atoms with Gasteiger partial charge in [-0.2, -0.15) is 17.9 Å². The van der Waals surface area contributed by atoms with Gasteiger partial charge >= 0.3 is 12.1 Å². The van der Waals surface area contributed by atoms with Crippen LogP contribution >= 0.6 is 0 Å². The Kier molecular flexibility index (Phi) is 4.22. The van der Waals surface area contributed by atoms with Crippen LogP contribution in [0.15, 0.2) is 24.3 Å². The number of aliphatic carboxylic acids is 1. The lowest BCUT2D eigenvalue weighted by Crippen LogP contribution is -2.36. The van der Waals surface area contributed by atoms with Gasteiger partial charge in [-0.3, -0.25) is 9.69 Å². The van der Waals surface area contributed by atoms with E-state index in [9.17, 15) is 23.1 Å². The number of rotatable bonds is 4. The first-order valence-electron chi connectivity index (χ1n) is 7.28. The van der Waals surface area contributed by atoms with E-state index in [2.05, 4.69) is 15.5 Å². The van der Waals surface area contributed by atoms with Gasteiger partial charge in [-0.25, -0.2) is 0 Å². The monoisotopic (exact) mass is 341 g/mol. The summed E-state index contributed by atoms with van der Waals surface area (Å²) in [6.07, 6.45) is -3.10. The zero-order chi connectivity index (χ0) is 17.3. The molecule has 7 nitrogen and oxygen atoms in total. The van der Waals surface area contributed by atoms with Gasteiger partial charge in [0.05, 0.1) is 17.8 Å². The van der Waals surface area contributed by atoms with Gasteiger partial charge in [0.2, 0.25) is 0 Å². The molecule has 2 heterocycles. The van der Waals surface area contributed by atoms with Gasteiger partial charge in [-0.1, -0.05) is 0 Å². The topological polar surface area (TPSA) is 84.1 Å².